The van der Waals surface area contributed by atoms with Crippen LogP contribution in [0.15, 0.2) is 18.2 Å². The first-order chi connectivity index (χ1) is 8.34. The summed E-state index contributed by atoms with van der Waals surface area (Å²) in [6, 6.07) is 5.06. The molecule has 18 heavy (non-hydrogen) atoms. The third-order valence-corrected chi connectivity index (χ3v) is 3.09. The van der Waals surface area contributed by atoms with Crippen LogP contribution in [0.1, 0.15) is 32.0 Å². The molecule has 3 nitrogen and oxygen atoms in total. The maximum atomic E-state index is 13.6. The van der Waals surface area contributed by atoms with E-state index in [1.807, 2.05) is 6.07 Å². The predicted molar refractivity (Wildman–Crippen MR) is 72.9 cm³/mol. The Morgan fingerprint density at radius 3 is 2.50 bits per heavy atom. The van der Waals surface area contributed by atoms with Crippen LogP contribution in [0.25, 0.3) is 10.9 Å². The van der Waals surface area contributed by atoms with Crippen molar-refractivity contribution in [3.05, 3.63) is 35.3 Å². The van der Waals surface area contributed by atoms with Crippen LogP contribution < -0.4 is 11.3 Å². The number of anilines is 1. The van der Waals surface area contributed by atoms with E-state index in [-0.39, 0.29) is 11.2 Å². The molecule has 0 fully saturated rings. The summed E-state index contributed by atoms with van der Waals surface area (Å²) in [5, 5.41) is 0.837. The van der Waals surface area contributed by atoms with Crippen LogP contribution in [0.5, 0.6) is 0 Å². The van der Waals surface area contributed by atoms with Crippen molar-refractivity contribution in [3.63, 3.8) is 0 Å². The van der Waals surface area contributed by atoms with Crippen LogP contribution in [0.4, 0.5) is 10.1 Å². The highest BCUT2D eigenvalue weighted by atomic mass is 19.1. The second-order valence-electron chi connectivity index (χ2n) is 5.52. The number of aryl methyl sites for hydroxylation is 1. The van der Waals surface area contributed by atoms with E-state index < -0.39 is 0 Å². The number of pyridine rings is 1. The molecule has 0 aliphatic heterocycles. The lowest BCUT2D eigenvalue weighted by Crippen LogP contribution is -2.16. The summed E-state index contributed by atoms with van der Waals surface area (Å²) in [5.41, 5.74) is 5.42. The molecule has 0 saturated carbocycles. The molecular formula is C14H18FN3. The first-order valence-corrected chi connectivity index (χ1v) is 5.91. The minimum absolute atomic E-state index is 0.113. The van der Waals surface area contributed by atoms with Gasteiger partial charge in [-0.2, -0.15) is 0 Å². The van der Waals surface area contributed by atoms with Gasteiger partial charge in [0, 0.05) is 22.1 Å². The van der Waals surface area contributed by atoms with E-state index in [1.165, 1.54) is 6.07 Å². The van der Waals surface area contributed by atoms with Gasteiger partial charge in [0.15, 0.2) is 0 Å². The Hall–Kier alpha value is -1.68. The molecule has 0 saturated heterocycles. The molecule has 3 N–H and O–H groups in total. The Morgan fingerprint density at radius 1 is 1.28 bits per heavy atom. The molecule has 0 aliphatic carbocycles. The van der Waals surface area contributed by atoms with Crippen LogP contribution in [-0.2, 0) is 5.41 Å². The molecule has 96 valence electrons. The molecule has 0 atom stereocenters. The number of fused-ring (bicyclic) bond motifs is 1. The molecule has 0 unspecified atom stereocenters. The number of nitrogens with one attached hydrogen (secondary N) is 1. The third-order valence-electron chi connectivity index (χ3n) is 3.09. The van der Waals surface area contributed by atoms with Gasteiger partial charge >= 0.3 is 0 Å². The number of halogens is 1. The zero-order chi connectivity index (χ0) is 13.5. The maximum absolute atomic E-state index is 13.6. The lowest BCUT2D eigenvalue weighted by atomic mass is 9.90. The van der Waals surface area contributed by atoms with E-state index in [1.54, 1.807) is 13.0 Å². The Bertz CT molecular complexity index is 600. The zero-order valence-corrected chi connectivity index (χ0v) is 11.1. The minimum Gasteiger partial charge on any atom is -0.323 e. The Morgan fingerprint density at radius 2 is 1.94 bits per heavy atom. The second-order valence-corrected chi connectivity index (χ2v) is 5.52. The van der Waals surface area contributed by atoms with Gasteiger partial charge in [-0.15, -0.1) is 0 Å². The fraction of sp³-hybridized carbons (Fsp3) is 0.357. The van der Waals surface area contributed by atoms with Gasteiger partial charge in [-0.05, 0) is 25.1 Å². The third kappa shape index (κ3) is 2.04. The van der Waals surface area contributed by atoms with Gasteiger partial charge in [-0.1, -0.05) is 20.8 Å². The number of aromatic nitrogens is 1. The van der Waals surface area contributed by atoms with Crippen LogP contribution in [0.3, 0.4) is 0 Å². The number of rotatable bonds is 1. The highest BCUT2D eigenvalue weighted by Crippen LogP contribution is 2.30. The quantitative estimate of drug-likeness (QED) is 0.600. The number of hydrazine groups is 1. The van der Waals surface area contributed by atoms with E-state index in [0.717, 1.165) is 16.8 Å². The first kappa shape index (κ1) is 12.8. The summed E-state index contributed by atoms with van der Waals surface area (Å²) in [4.78, 5) is 4.58. The highest BCUT2D eigenvalue weighted by Gasteiger charge is 2.19. The van der Waals surface area contributed by atoms with Gasteiger partial charge in [0.25, 0.3) is 0 Å². The monoisotopic (exact) mass is 247 g/mol. The molecule has 0 radical (unpaired) electrons. The molecule has 0 aliphatic rings. The van der Waals surface area contributed by atoms with Crippen LogP contribution in [-0.4, -0.2) is 4.98 Å². The molecule has 0 spiro atoms. The summed E-state index contributed by atoms with van der Waals surface area (Å²) < 4.78 is 13.6. The van der Waals surface area contributed by atoms with Crippen molar-refractivity contribution in [2.24, 2.45) is 5.84 Å². The van der Waals surface area contributed by atoms with E-state index in [4.69, 9.17) is 5.84 Å². The molecule has 0 amide bonds. The molecule has 4 heteroatoms. The Kier molecular flexibility index (Phi) is 2.99. The maximum Gasteiger partial charge on any atom is 0.128 e. The van der Waals surface area contributed by atoms with Crippen molar-refractivity contribution >= 4 is 16.6 Å². The van der Waals surface area contributed by atoms with Crippen molar-refractivity contribution in [3.8, 4) is 0 Å². The van der Waals surface area contributed by atoms with E-state index in [0.29, 0.717) is 11.1 Å². The summed E-state index contributed by atoms with van der Waals surface area (Å²) in [6.07, 6.45) is 0. The Labute approximate surface area is 106 Å². The zero-order valence-electron chi connectivity index (χ0n) is 11.1. The second kappa shape index (κ2) is 4.21. The molecular weight excluding hydrogens is 229 g/mol. The predicted octanol–water partition coefficient (Wildman–Crippen LogP) is 3.27. The number of benzene rings is 1. The van der Waals surface area contributed by atoms with Gasteiger partial charge in [0.1, 0.15) is 5.82 Å². The van der Waals surface area contributed by atoms with Gasteiger partial charge in [-0.3, -0.25) is 10.8 Å². The van der Waals surface area contributed by atoms with Crippen molar-refractivity contribution in [2.75, 3.05) is 5.43 Å². The smallest absolute Gasteiger partial charge is 0.128 e. The standard InChI is InChI=1S/C14H18FN3/c1-8-10(15)6-5-9-11(18-16)7-12(14(2,3)4)17-13(8)9/h5-7H,16H2,1-4H3,(H,17,18). The van der Waals surface area contributed by atoms with Crippen molar-refractivity contribution < 1.29 is 4.39 Å². The summed E-state index contributed by atoms with van der Waals surface area (Å²) >= 11 is 0. The minimum atomic E-state index is -0.246. The molecule has 1 heterocycles. The molecule has 0 bridgehead atoms. The summed E-state index contributed by atoms with van der Waals surface area (Å²) in [7, 11) is 0. The number of hydrogen-bond acceptors (Lipinski definition) is 3. The van der Waals surface area contributed by atoms with Crippen LogP contribution >= 0.6 is 0 Å². The lowest BCUT2D eigenvalue weighted by molar-refractivity contribution is 0.571. The molecule has 1 aromatic heterocycles. The van der Waals surface area contributed by atoms with E-state index in [2.05, 4.69) is 31.2 Å². The summed E-state index contributed by atoms with van der Waals surface area (Å²) in [5.74, 6) is 5.30. The van der Waals surface area contributed by atoms with Gasteiger partial charge in [0.05, 0.1) is 11.2 Å². The van der Waals surface area contributed by atoms with Crippen LogP contribution in [0, 0.1) is 12.7 Å². The topological polar surface area (TPSA) is 50.9 Å². The number of hydrogen-bond donors (Lipinski definition) is 2. The fourth-order valence-electron chi connectivity index (χ4n) is 1.91. The van der Waals surface area contributed by atoms with Crippen molar-refractivity contribution in [1.82, 2.24) is 4.98 Å². The molecule has 1 aromatic carbocycles. The number of nitrogen functional groups attached to an aromatic ring is 1. The normalized spacial score (nSPS) is 11.9. The van der Waals surface area contributed by atoms with E-state index in [9.17, 15) is 4.39 Å². The largest absolute Gasteiger partial charge is 0.323 e. The lowest BCUT2D eigenvalue weighted by Gasteiger charge is -2.20. The average Bonchev–Trinajstić information content (AvgIpc) is 2.31. The average molecular weight is 247 g/mol. The fourth-order valence-corrected chi connectivity index (χ4v) is 1.91. The van der Waals surface area contributed by atoms with Gasteiger partial charge in [0.2, 0.25) is 0 Å². The first-order valence-electron chi connectivity index (χ1n) is 5.91. The SMILES string of the molecule is Cc1c(F)ccc2c(NN)cc(C(C)(C)C)nc12. The van der Waals surface area contributed by atoms with Crippen molar-refractivity contribution in [2.45, 2.75) is 33.1 Å². The van der Waals surface area contributed by atoms with Gasteiger partial charge in [-0.25, -0.2) is 4.39 Å². The molecule has 2 rings (SSSR count). The summed E-state index contributed by atoms with van der Waals surface area (Å²) in [6.45, 7) is 7.93. The molecule has 2 aromatic rings. The number of nitrogens with zero attached hydrogens (tertiary/aromatic N) is 1. The van der Waals surface area contributed by atoms with E-state index >= 15 is 0 Å². The van der Waals surface area contributed by atoms with Crippen LogP contribution in [0.2, 0.25) is 0 Å². The highest BCUT2D eigenvalue weighted by molar-refractivity contribution is 5.93. The number of nitrogens with two attached hydrogens (primary N) is 1. The van der Waals surface area contributed by atoms with Gasteiger partial charge < -0.3 is 5.43 Å². The van der Waals surface area contributed by atoms with Crippen molar-refractivity contribution in [1.29, 1.82) is 0 Å². The Balaban J connectivity index is 2.85.